The lowest BCUT2D eigenvalue weighted by Crippen LogP contribution is -2.34. The van der Waals surface area contributed by atoms with Crippen molar-refractivity contribution in [3.63, 3.8) is 0 Å². The summed E-state index contributed by atoms with van der Waals surface area (Å²) in [5.41, 5.74) is 0.949. The second kappa shape index (κ2) is 5.84. The van der Waals surface area contributed by atoms with Crippen molar-refractivity contribution >= 4 is 11.9 Å². The van der Waals surface area contributed by atoms with Crippen molar-refractivity contribution in [1.82, 2.24) is 5.06 Å². The van der Waals surface area contributed by atoms with Crippen LogP contribution >= 0.6 is 0 Å². The average molecular weight is 263 g/mol. The van der Waals surface area contributed by atoms with E-state index < -0.39 is 12.2 Å². The molecule has 5 heteroatoms. The largest absolute Gasteiger partial charge is 0.527 e. The Morgan fingerprint density at radius 2 is 2.05 bits per heavy atom. The average Bonchev–Trinajstić information content (AvgIpc) is 2.68. The first-order valence-corrected chi connectivity index (χ1v) is 6.34. The van der Waals surface area contributed by atoms with Gasteiger partial charge < -0.3 is 9.57 Å². The predicted molar refractivity (Wildman–Crippen MR) is 68.2 cm³/mol. The zero-order chi connectivity index (χ0) is 13.8. The van der Waals surface area contributed by atoms with E-state index in [0.717, 1.165) is 5.56 Å². The standard InChI is InChI=1S/C14H17NO4/c1-3-18-14(17)19-15-10(2)13(16)9-12(15)11-7-5-4-6-8-11/h4-8,10,12H,3,9H2,1-2H3. The highest BCUT2D eigenvalue weighted by Crippen LogP contribution is 2.34. The molecule has 1 heterocycles. The van der Waals surface area contributed by atoms with E-state index in [9.17, 15) is 9.59 Å². The van der Waals surface area contributed by atoms with E-state index in [4.69, 9.17) is 9.57 Å². The monoisotopic (exact) mass is 263 g/mol. The molecule has 2 atom stereocenters. The van der Waals surface area contributed by atoms with Crippen molar-refractivity contribution in [2.45, 2.75) is 32.4 Å². The molecule has 0 aromatic heterocycles. The topological polar surface area (TPSA) is 55.8 Å². The number of ether oxygens (including phenoxy) is 1. The lowest BCUT2D eigenvalue weighted by Gasteiger charge is -2.25. The van der Waals surface area contributed by atoms with Crippen LogP contribution in [0.1, 0.15) is 31.9 Å². The number of nitrogens with zero attached hydrogens (tertiary/aromatic N) is 1. The van der Waals surface area contributed by atoms with Crippen molar-refractivity contribution in [2.75, 3.05) is 6.61 Å². The Kier molecular flexibility index (Phi) is 4.16. The molecule has 0 N–H and O–H groups in total. The molecular formula is C14H17NO4. The van der Waals surface area contributed by atoms with Gasteiger partial charge in [0.05, 0.1) is 12.6 Å². The predicted octanol–water partition coefficient (Wildman–Crippen LogP) is 2.48. The number of ketones is 1. The molecule has 0 aliphatic carbocycles. The summed E-state index contributed by atoms with van der Waals surface area (Å²) in [6.45, 7) is 3.67. The molecule has 0 saturated carbocycles. The van der Waals surface area contributed by atoms with E-state index in [0.29, 0.717) is 6.42 Å². The van der Waals surface area contributed by atoms with Crippen LogP contribution in [0.4, 0.5) is 4.79 Å². The van der Waals surface area contributed by atoms with E-state index in [1.807, 2.05) is 30.3 Å². The molecule has 1 fully saturated rings. The van der Waals surface area contributed by atoms with Crippen LogP contribution in [0, 0.1) is 0 Å². The van der Waals surface area contributed by atoms with Gasteiger partial charge in [-0.05, 0) is 19.4 Å². The fourth-order valence-corrected chi connectivity index (χ4v) is 2.18. The van der Waals surface area contributed by atoms with E-state index >= 15 is 0 Å². The Hall–Kier alpha value is -1.88. The van der Waals surface area contributed by atoms with Crippen LogP contribution in [-0.2, 0) is 14.4 Å². The molecule has 2 unspecified atom stereocenters. The summed E-state index contributed by atoms with van der Waals surface area (Å²) in [5.74, 6) is 0.0538. The summed E-state index contributed by atoms with van der Waals surface area (Å²) < 4.78 is 4.76. The Balaban J connectivity index is 2.17. The summed E-state index contributed by atoms with van der Waals surface area (Å²) in [5, 5.41) is 1.43. The Morgan fingerprint density at radius 1 is 1.37 bits per heavy atom. The number of carbonyl (C=O) groups excluding carboxylic acids is 2. The number of hydrogen-bond donors (Lipinski definition) is 0. The lowest BCUT2D eigenvalue weighted by molar-refractivity contribution is -0.161. The van der Waals surface area contributed by atoms with Crippen LogP contribution in [0.3, 0.4) is 0 Å². The maximum absolute atomic E-state index is 11.8. The smallest absolute Gasteiger partial charge is 0.433 e. The zero-order valence-corrected chi connectivity index (χ0v) is 11.0. The van der Waals surface area contributed by atoms with Gasteiger partial charge in [-0.2, -0.15) is 0 Å². The summed E-state index contributed by atoms with van der Waals surface area (Å²) in [7, 11) is 0. The second-order valence-corrected chi connectivity index (χ2v) is 4.41. The number of rotatable bonds is 3. The van der Waals surface area contributed by atoms with E-state index in [1.54, 1.807) is 13.8 Å². The number of benzene rings is 1. The van der Waals surface area contributed by atoms with Crippen molar-refractivity contribution in [2.24, 2.45) is 0 Å². The minimum atomic E-state index is -0.773. The number of carbonyl (C=O) groups is 2. The molecule has 19 heavy (non-hydrogen) atoms. The van der Waals surface area contributed by atoms with E-state index in [-0.39, 0.29) is 18.4 Å². The zero-order valence-electron chi connectivity index (χ0n) is 11.0. The highest BCUT2D eigenvalue weighted by atomic mass is 16.8. The highest BCUT2D eigenvalue weighted by Gasteiger charge is 2.41. The van der Waals surface area contributed by atoms with Gasteiger partial charge in [-0.25, -0.2) is 4.79 Å². The van der Waals surface area contributed by atoms with Gasteiger partial charge in [-0.3, -0.25) is 4.79 Å². The minimum absolute atomic E-state index is 0.0538. The van der Waals surface area contributed by atoms with Gasteiger partial charge in [-0.1, -0.05) is 30.3 Å². The fraction of sp³-hybridized carbons (Fsp3) is 0.429. The van der Waals surface area contributed by atoms with Gasteiger partial charge in [0, 0.05) is 6.42 Å². The second-order valence-electron chi connectivity index (χ2n) is 4.41. The third-order valence-electron chi connectivity index (χ3n) is 3.18. The highest BCUT2D eigenvalue weighted by molar-refractivity contribution is 5.86. The maximum atomic E-state index is 11.8. The molecule has 1 saturated heterocycles. The molecule has 5 nitrogen and oxygen atoms in total. The Labute approximate surface area is 112 Å². The van der Waals surface area contributed by atoms with Gasteiger partial charge in [0.25, 0.3) is 0 Å². The quantitative estimate of drug-likeness (QED) is 0.784. The van der Waals surface area contributed by atoms with Crippen LogP contribution in [0.2, 0.25) is 0 Å². The molecule has 0 bridgehead atoms. The van der Waals surface area contributed by atoms with Crippen LogP contribution in [0.25, 0.3) is 0 Å². The Bertz CT molecular complexity index is 460. The van der Waals surface area contributed by atoms with Gasteiger partial charge in [0.1, 0.15) is 6.04 Å². The molecule has 2 rings (SSSR count). The summed E-state index contributed by atoms with van der Waals surface area (Å²) in [4.78, 5) is 28.4. The maximum Gasteiger partial charge on any atom is 0.527 e. The van der Waals surface area contributed by atoms with Crippen LogP contribution in [0.5, 0.6) is 0 Å². The lowest BCUT2D eigenvalue weighted by atomic mass is 10.1. The van der Waals surface area contributed by atoms with E-state index in [1.165, 1.54) is 5.06 Å². The first-order valence-electron chi connectivity index (χ1n) is 6.34. The third kappa shape index (κ3) is 2.93. The molecule has 1 aromatic rings. The van der Waals surface area contributed by atoms with Crippen LogP contribution in [0.15, 0.2) is 30.3 Å². The Morgan fingerprint density at radius 3 is 2.68 bits per heavy atom. The number of hydrogen-bond acceptors (Lipinski definition) is 5. The molecule has 1 aliphatic heterocycles. The van der Waals surface area contributed by atoms with Gasteiger partial charge in [-0.15, -0.1) is 5.06 Å². The summed E-state index contributed by atoms with van der Waals surface area (Å²) in [6, 6.07) is 8.83. The molecule has 0 radical (unpaired) electrons. The normalized spacial score (nSPS) is 23.4. The fourth-order valence-electron chi connectivity index (χ4n) is 2.18. The van der Waals surface area contributed by atoms with Crippen molar-refractivity contribution in [3.8, 4) is 0 Å². The minimum Gasteiger partial charge on any atom is -0.433 e. The van der Waals surface area contributed by atoms with Crippen LogP contribution < -0.4 is 0 Å². The molecule has 102 valence electrons. The van der Waals surface area contributed by atoms with E-state index in [2.05, 4.69) is 0 Å². The van der Waals surface area contributed by atoms with Gasteiger partial charge in [0.15, 0.2) is 5.78 Å². The number of hydroxylamine groups is 2. The molecule has 0 amide bonds. The number of Topliss-reactive ketones (excluding diaryl/α,β-unsaturated/α-hetero) is 1. The molecule has 1 aliphatic rings. The summed E-state index contributed by atoms with van der Waals surface area (Å²) >= 11 is 0. The SMILES string of the molecule is CCOC(=O)ON1C(C)C(=O)CC1c1ccccc1. The van der Waals surface area contributed by atoms with Crippen molar-refractivity contribution < 1.29 is 19.2 Å². The van der Waals surface area contributed by atoms with Crippen LogP contribution in [-0.4, -0.2) is 29.7 Å². The van der Waals surface area contributed by atoms with Gasteiger partial charge in [0.2, 0.25) is 0 Å². The molecule has 0 spiro atoms. The first kappa shape index (κ1) is 13.5. The summed E-state index contributed by atoms with van der Waals surface area (Å²) in [6.07, 6.45) is -0.435. The van der Waals surface area contributed by atoms with Crippen molar-refractivity contribution in [1.29, 1.82) is 0 Å². The van der Waals surface area contributed by atoms with Crippen molar-refractivity contribution in [3.05, 3.63) is 35.9 Å². The molecule has 1 aromatic carbocycles. The molecular weight excluding hydrogens is 246 g/mol. The third-order valence-corrected chi connectivity index (χ3v) is 3.18. The van der Waals surface area contributed by atoms with Gasteiger partial charge >= 0.3 is 6.16 Å². The first-order chi connectivity index (χ1) is 9.13.